The molecule has 238 valence electrons. The Kier molecular flexibility index (Phi) is 7.87. The molecule has 2 N–H and O–H groups in total. The zero-order valence-electron chi connectivity index (χ0n) is 26.4. The van der Waals surface area contributed by atoms with Gasteiger partial charge >= 0.3 is 5.97 Å². The number of benzene rings is 2. The molecule has 2 aromatic carbocycles. The molecule has 4 atom stereocenters. The van der Waals surface area contributed by atoms with Crippen LogP contribution >= 0.6 is 11.6 Å². The number of carboxylic acids is 1. The number of nitrogens with one attached hydrogen (secondary N) is 1. The van der Waals surface area contributed by atoms with Crippen molar-refractivity contribution in [2.75, 3.05) is 11.9 Å². The molecule has 3 aromatic rings. The van der Waals surface area contributed by atoms with Crippen molar-refractivity contribution in [3.63, 3.8) is 0 Å². The molecule has 2 heterocycles. The number of aryl methyl sites for hydroxylation is 1. The first-order chi connectivity index (χ1) is 21.7. The van der Waals surface area contributed by atoms with Gasteiger partial charge in [0, 0.05) is 35.1 Å². The van der Waals surface area contributed by atoms with E-state index in [-0.39, 0.29) is 11.7 Å². The van der Waals surface area contributed by atoms with Gasteiger partial charge in [0.25, 0.3) is 0 Å². The van der Waals surface area contributed by atoms with Gasteiger partial charge in [0.2, 0.25) is 6.29 Å². The predicted molar refractivity (Wildman–Crippen MR) is 175 cm³/mol. The van der Waals surface area contributed by atoms with Gasteiger partial charge in [-0.2, -0.15) is 0 Å². The second-order valence-electron chi connectivity index (χ2n) is 14.0. The molecule has 1 aromatic heterocycles. The molecule has 1 aliphatic heterocycles. The molecular formula is C37H43ClN2O5. The van der Waals surface area contributed by atoms with E-state index in [1.54, 1.807) is 12.1 Å². The molecule has 7 rings (SSSR count). The lowest BCUT2D eigenvalue weighted by molar-refractivity contribution is -0.144. The summed E-state index contributed by atoms with van der Waals surface area (Å²) in [4.78, 5) is 17.5. The zero-order valence-corrected chi connectivity index (χ0v) is 27.2. The lowest BCUT2D eigenvalue weighted by Gasteiger charge is -2.47. The number of aliphatic carboxylic acids is 1. The number of hydrogen-bond donors (Lipinski definition) is 2. The van der Waals surface area contributed by atoms with Crippen molar-refractivity contribution in [1.29, 1.82) is 0 Å². The van der Waals surface area contributed by atoms with E-state index in [2.05, 4.69) is 36.3 Å². The summed E-state index contributed by atoms with van der Waals surface area (Å²) < 4.78 is 18.5. The van der Waals surface area contributed by atoms with Gasteiger partial charge in [-0.25, -0.2) is 4.79 Å². The number of nitrogens with zero attached hydrogens (tertiary/aromatic N) is 1. The van der Waals surface area contributed by atoms with Gasteiger partial charge in [0.1, 0.15) is 11.3 Å². The molecule has 1 fully saturated rings. The van der Waals surface area contributed by atoms with E-state index in [1.165, 1.54) is 35.2 Å². The largest absolute Gasteiger partial charge is 0.493 e. The van der Waals surface area contributed by atoms with Gasteiger partial charge in [-0.1, -0.05) is 31.5 Å². The fourth-order valence-corrected chi connectivity index (χ4v) is 8.87. The Balaban J connectivity index is 1.14. The number of pyridine rings is 1. The smallest absolute Gasteiger partial charge is 0.329 e. The van der Waals surface area contributed by atoms with Crippen LogP contribution in [0.15, 0.2) is 48.7 Å². The van der Waals surface area contributed by atoms with Crippen LogP contribution in [0.2, 0.25) is 5.02 Å². The van der Waals surface area contributed by atoms with Gasteiger partial charge < -0.3 is 24.6 Å². The quantitative estimate of drug-likeness (QED) is 0.259. The van der Waals surface area contributed by atoms with Crippen molar-refractivity contribution in [2.24, 2.45) is 11.8 Å². The molecule has 7 nitrogen and oxygen atoms in total. The first kappa shape index (κ1) is 30.2. The van der Waals surface area contributed by atoms with Crippen LogP contribution in [-0.2, 0) is 23.1 Å². The van der Waals surface area contributed by atoms with E-state index in [4.69, 9.17) is 25.8 Å². The summed E-state index contributed by atoms with van der Waals surface area (Å²) in [6, 6.07) is 13.7. The average molecular weight is 631 g/mol. The van der Waals surface area contributed by atoms with Crippen LogP contribution in [0, 0.1) is 11.8 Å². The van der Waals surface area contributed by atoms with Crippen molar-refractivity contribution in [3.8, 4) is 17.2 Å². The normalized spacial score (nSPS) is 28.8. The Bertz CT molecular complexity index is 1600. The number of hydrogen-bond acceptors (Lipinski definition) is 6. The maximum absolute atomic E-state index is 12.9. The monoisotopic (exact) mass is 630 g/mol. The van der Waals surface area contributed by atoms with E-state index < -0.39 is 11.5 Å². The lowest BCUT2D eigenvalue weighted by Crippen LogP contribution is -2.53. The minimum absolute atomic E-state index is 0.146. The minimum atomic E-state index is -1.06. The molecule has 4 aliphatic rings. The van der Waals surface area contributed by atoms with Gasteiger partial charge in [-0.15, -0.1) is 0 Å². The number of rotatable bonds is 8. The standard InChI is InChI=1S/C37H43ClN2O5/c1-22(21-43-31-10-15-39-30-9-4-6-23(2)34(30)31)16-26-17-25-18-32-33(45-24(3)44-32)20-29(25)36(26)11-13-37(14-12-36,35(41)42)40-28-8-5-7-27(38)19-28/h5,7-8,10,15,18-20,22-24,26,40H,4,6,9,11-14,16-17,21H2,1-3H3,(H,41,42)/t22-,23-,24?,26+,36?,37?/m1/s1. The van der Waals surface area contributed by atoms with Gasteiger partial charge in [0.15, 0.2) is 11.5 Å². The van der Waals surface area contributed by atoms with Crippen LogP contribution in [-0.4, -0.2) is 34.5 Å². The highest BCUT2D eigenvalue weighted by atomic mass is 35.5. The third-order valence-corrected chi connectivity index (χ3v) is 11.2. The number of carboxylic acid groups (broad SMARTS) is 1. The van der Waals surface area contributed by atoms with Crippen LogP contribution in [0.25, 0.3) is 0 Å². The van der Waals surface area contributed by atoms with Gasteiger partial charge in [-0.05, 0) is 128 Å². The number of aromatic nitrogens is 1. The predicted octanol–water partition coefficient (Wildman–Crippen LogP) is 8.32. The SMILES string of the molecule is CC1Oc2cc3c(cc2O1)C1(CCC(Nc2cccc(Cl)c2)(C(=O)O)CC1)[C@@H](C[C@@H](C)COc1ccnc2c1[C@H](C)CCC2)C3. The second kappa shape index (κ2) is 11.7. The maximum atomic E-state index is 12.9. The van der Waals surface area contributed by atoms with Crippen LogP contribution in [0.1, 0.15) is 94.0 Å². The summed E-state index contributed by atoms with van der Waals surface area (Å²) in [6.45, 7) is 7.12. The van der Waals surface area contributed by atoms with E-state index in [9.17, 15) is 9.90 Å². The van der Waals surface area contributed by atoms with Crippen molar-refractivity contribution in [1.82, 2.24) is 4.98 Å². The molecule has 8 heteroatoms. The summed E-state index contributed by atoms with van der Waals surface area (Å²) in [5.74, 6) is 2.91. The van der Waals surface area contributed by atoms with Gasteiger partial charge in [-0.3, -0.25) is 4.98 Å². The third kappa shape index (κ3) is 5.51. The highest BCUT2D eigenvalue weighted by molar-refractivity contribution is 6.30. The highest BCUT2D eigenvalue weighted by Crippen LogP contribution is 2.58. The molecule has 1 unspecified atom stereocenters. The summed E-state index contributed by atoms with van der Waals surface area (Å²) in [5, 5.41) is 14.5. The summed E-state index contributed by atoms with van der Waals surface area (Å²) in [6.07, 6.45) is 9.45. The fourth-order valence-electron chi connectivity index (χ4n) is 8.68. The molecule has 45 heavy (non-hydrogen) atoms. The van der Waals surface area contributed by atoms with Crippen LogP contribution < -0.4 is 19.5 Å². The Morgan fingerprint density at radius 2 is 1.91 bits per heavy atom. The van der Waals surface area contributed by atoms with E-state index in [0.29, 0.717) is 42.2 Å². The molecule has 3 aliphatic carbocycles. The zero-order chi connectivity index (χ0) is 31.3. The van der Waals surface area contributed by atoms with Crippen molar-refractivity contribution >= 4 is 23.3 Å². The first-order valence-electron chi connectivity index (χ1n) is 16.5. The maximum Gasteiger partial charge on any atom is 0.329 e. The number of ether oxygens (including phenoxy) is 3. The molecular weight excluding hydrogens is 588 g/mol. The van der Waals surface area contributed by atoms with Crippen LogP contribution in [0.5, 0.6) is 17.2 Å². The lowest BCUT2D eigenvalue weighted by atomic mass is 9.59. The molecule has 1 spiro atoms. The topological polar surface area (TPSA) is 89.9 Å². The summed E-state index contributed by atoms with van der Waals surface area (Å²) in [5.41, 5.74) is 4.61. The summed E-state index contributed by atoms with van der Waals surface area (Å²) >= 11 is 6.25. The number of anilines is 1. The van der Waals surface area contributed by atoms with E-state index in [0.717, 1.165) is 55.0 Å². The minimum Gasteiger partial charge on any atom is -0.493 e. The molecule has 0 amide bonds. The number of carbonyl (C=O) groups is 1. The Labute approximate surface area is 270 Å². The van der Waals surface area contributed by atoms with Crippen LogP contribution in [0.3, 0.4) is 0 Å². The Hall–Kier alpha value is -3.45. The Morgan fingerprint density at radius 3 is 2.67 bits per heavy atom. The van der Waals surface area contributed by atoms with E-state index in [1.807, 2.05) is 31.3 Å². The third-order valence-electron chi connectivity index (χ3n) is 10.9. The van der Waals surface area contributed by atoms with Crippen molar-refractivity contribution in [3.05, 3.63) is 76.1 Å². The highest BCUT2D eigenvalue weighted by Gasteiger charge is 2.54. The molecule has 0 radical (unpaired) electrons. The molecule has 1 saturated carbocycles. The molecule has 0 saturated heterocycles. The van der Waals surface area contributed by atoms with Gasteiger partial charge in [0.05, 0.1) is 6.61 Å². The number of halogens is 1. The van der Waals surface area contributed by atoms with Crippen molar-refractivity contribution in [2.45, 2.75) is 102 Å². The number of fused-ring (bicyclic) bond motifs is 4. The van der Waals surface area contributed by atoms with Crippen molar-refractivity contribution < 1.29 is 24.1 Å². The second-order valence-corrected chi connectivity index (χ2v) is 14.4. The average Bonchev–Trinajstić information content (AvgIpc) is 3.51. The Morgan fingerprint density at radius 1 is 1.13 bits per heavy atom. The molecule has 0 bridgehead atoms. The van der Waals surface area contributed by atoms with E-state index >= 15 is 0 Å². The fraction of sp³-hybridized carbons (Fsp3) is 0.514. The summed E-state index contributed by atoms with van der Waals surface area (Å²) in [7, 11) is 0. The van der Waals surface area contributed by atoms with Crippen LogP contribution in [0.4, 0.5) is 5.69 Å². The first-order valence-corrected chi connectivity index (χ1v) is 16.9.